The summed E-state index contributed by atoms with van der Waals surface area (Å²) in [4.78, 5) is 13.2. The van der Waals surface area contributed by atoms with Crippen LogP contribution in [0.25, 0.3) is 0 Å². The van der Waals surface area contributed by atoms with Gasteiger partial charge in [-0.15, -0.1) is 24.0 Å². The average molecular weight is 442 g/mol. The monoisotopic (exact) mass is 442 g/mol. The number of guanidine groups is 1. The molecule has 8 heteroatoms. The Hall–Kier alpha value is -1.84. The molecule has 1 saturated heterocycles. The Balaban J connectivity index is 0.00000208. The zero-order valence-electron chi connectivity index (χ0n) is 14.0. The van der Waals surface area contributed by atoms with Gasteiger partial charge in [-0.1, -0.05) is 23.4 Å². The largest absolute Gasteiger partial charge is 0.368 e. The molecule has 0 aliphatic carbocycles. The lowest BCUT2D eigenvalue weighted by molar-refractivity contribution is 0.354. The molecule has 1 aromatic heterocycles. The summed E-state index contributed by atoms with van der Waals surface area (Å²) in [6, 6.07) is 10.5. The molecule has 24 heavy (non-hydrogen) atoms. The van der Waals surface area contributed by atoms with Crippen molar-refractivity contribution >= 4 is 35.6 Å². The number of hydrogen-bond acceptors (Lipinski definition) is 5. The zero-order chi connectivity index (χ0) is 16.1. The Morgan fingerprint density at radius 3 is 2.50 bits per heavy atom. The number of aryl methyl sites for hydroxylation is 1. The number of aromatic nitrogens is 2. The highest BCUT2D eigenvalue weighted by Gasteiger charge is 2.20. The van der Waals surface area contributed by atoms with Crippen molar-refractivity contribution in [3.8, 4) is 0 Å². The molecule has 1 aliphatic heterocycles. The van der Waals surface area contributed by atoms with Crippen LogP contribution in [0.15, 0.2) is 39.8 Å². The number of nitrogens with one attached hydrogen (secondary N) is 1. The van der Waals surface area contributed by atoms with Gasteiger partial charge in [0.1, 0.15) is 0 Å². The maximum absolute atomic E-state index is 5.12. The molecular formula is C16H23IN6O. The first-order valence-electron chi connectivity index (χ1n) is 7.81. The van der Waals surface area contributed by atoms with Gasteiger partial charge in [-0.2, -0.15) is 4.98 Å². The Morgan fingerprint density at radius 2 is 1.92 bits per heavy atom. The van der Waals surface area contributed by atoms with Crippen LogP contribution in [0, 0.1) is 6.92 Å². The van der Waals surface area contributed by atoms with E-state index in [1.54, 1.807) is 7.05 Å². The second-order valence-electron chi connectivity index (χ2n) is 5.45. The third-order valence-electron chi connectivity index (χ3n) is 3.88. The van der Waals surface area contributed by atoms with Crippen LogP contribution in [0.2, 0.25) is 0 Å². The molecule has 0 atom stereocenters. The van der Waals surface area contributed by atoms with Crippen molar-refractivity contribution in [3.63, 3.8) is 0 Å². The molecule has 0 amide bonds. The van der Waals surface area contributed by atoms with Crippen LogP contribution < -0.4 is 10.2 Å². The summed E-state index contributed by atoms with van der Waals surface area (Å²) in [5.74, 6) is 2.09. The molecule has 0 saturated carbocycles. The minimum absolute atomic E-state index is 0. The number of hydrogen-bond donors (Lipinski definition) is 1. The molecule has 2 aromatic rings. The number of anilines is 1. The highest BCUT2D eigenvalue weighted by molar-refractivity contribution is 14.0. The lowest BCUT2D eigenvalue weighted by Gasteiger charge is -2.37. The number of para-hydroxylation sites is 1. The number of benzene rings is 1. The van der Waals surface area contributed by atoms with Gasteiger partial charge in [0, 0.05) is 38.9 Å². The van der Waals surface area contributed by atoms with Crippen molar-refractivity contribution in [2.45, 2.75) is 13.5 Å². The number of halogens is 1. The van der Waals surface area contributed by atoms with Gasteiger partial charge in [-0.25, -0.2) is 0 Å². The second-order valence-corrected chi connectivity index (χ2v) is 5.45. The fourth-order valence-electron chi connectivity index (χ4n) is 2.71. The van der Waals surface area contributed by atoms with E-state index in [2.05, 4.69) is 54.5 Å². The topological polar surface area (TPSA) is 69.8 Å². The van der Waals surface area contributed by atoms with E-state index in [-0.39, 0.29) is 24.0 Å². The second kappa shape index (κ2) is 8.86. The SMILES string of the molecule is CN=C(NCc1nc(C)no1)N1CCN(c2ccccc2)CC1.I. The standard InChI is InChI=1S/C16H22N6O.HI/c1-13-19-15(23-20-13)12-18-16(17-2)22-10-8-21(9-11-22)14-6-4-3-5-7-14;/h3-7H,8-12H2,1-2H3,(H,17,18);1H. The summed E-state index contributed by atoms with van der Waals surface area (Å²) in [6.07, 6.45) is 0. The Labute approximate surface area is 159 Å². The maximum atomic E-state index is 5.12. The van der Waals surface area contributed by atoms with Crippen molar-refractivity contribution in [1.82, 2.24) is 20.4 Å². The van der Waals surface area contributed by atoms with Crippen LogP contribution in [0.5, 0.6) is 0 Å². The number of piperazine rings is 1. The summed E-state index contributed by atoms with van der Waals surface area (Å²) in [5, 5.41) is 7.07. The van der Waals surface area contributed by atoms with Crippen molar-refractivity contribution in [2.75, 3.05) is 38.1 Å². The minimum atomic E-state index is 0. The summed E-state index contributed by atoms with van der Waals surface area (Å²) >= 11 is 0. The van der Waals surface area contributed by atoms with Crippen molar-refractivity contribution in [2.24, 2.45) is 4.99 Å². The van der Waals surface area contributed by atoms with Gasteiger partial charge in [-0.05, 0) is 19.1 Å². The molecule has 1 N–H and O–H groups in total. The Kier molecular flexibility index (Phi) is 6.83. The quantitative estimate of drug-likeness (QED) is 0.445. The molecule has 3 rings (SSSR count). The molecule has 1 fully saturated rings. The van der Waals surface area contributed by atoms with E-state index in [0.717, 1.165) is 32.1 Å². The predicted octanol–water partition coefficient (Wildman–Crippen LogP) is 1.89. The van der Waals surface area contributed by atoms with E-state index in [0.29, 0.717) is 18.3 Å². The van der Waals surface area contributed by atoms with E-state index in [4.69, 9.17) is 4.52 Å². The molecular weight excluding hydrogens is 419 g/mol. The van der Waals surface area contributed by atoms with Crippen LogP contribution in [0.4, 0.5) is 5.69 Å². The summed E-state index contributed by atoms with van der Waals surface area (Å²) in [6.45, 7) is 6.11. The predicted molar refractivity (Wildman–Crippen MR) is 105 cm³/mol. The van der Waals surface area contributed by atoms with E-state index in [9.17, 15) is 0 Å². The summed E-state index contributed by atoms with van der Waals surface area (Å²) in [5.41, 5.74) is 1.27. The van der Waals surface area contributed by atoms with Gasteiger partial charge in [0.15, 0.2) is 11.8 Å². The first kappa shape index (κ1) is 18.5. The van der Waals surface area contributed by atoms with Gasteiger partial charge >= 0.3 is 0 Å². The fraction of sp³-hybridized carbons (Fsp3) is 0.438. The average Bonchev–Trinajstić information content (AvgIpc) is 3.02. The third-order valence-corrected chi connectivity index (χ3v) is 3.88. The van der Waals surface area contributed by atoms with E-state index < -0.39 is 0 Å². The molecule has 130 valence electrons. The maximum Gasteiger partial charge on any atom is 0.246 e. The Bertz CT molecular complexity index is 652. The number of nitrogens with zero attached hydrogens (tertiary/aromatic N) is 5. The van der Waals surface area contributed by atoms with E-state index in [1.165, 1.54) is 5.69 Å². The van der Waals surface area contributed by atoms with Crippen LogP contribution >= 0.6 is 24.0 Å². The zero-order valence-corrected chi connectivity index (χ0v) is 16.3. The smallest absolute Gasteiger partial charge is 0.246 e. The van der Waals surface area contributed by atoms with Crippen molar-refractivity contribution in [1.29, 1.82) is 0 Å². The van der Waals surface area contributed by atoms with E-state index in [1.807, 2.05) is 13.0 Å². The normalized spacial score (nSPS) is 15.2. The van der Waals surface area contributed by atoms with E-state index >= 15 is 0 Å². The Morgan fingerprint density at radius 1 is 1.21 bits per heavy atom. The first-order valence-corrected chi connectivity index (χ1v) is 7.81. The molecule has 0 spiro atoms. The lowest BCUT2D eigenvalue weighted by atomic mass is 10.2. The highest BCUT2D eigenvalue weighted by atomic mass is 127. The lowest BCUT2D eigenvalue weighted by Crippen LogP contribution is -2.52. The number of rotatable bonds is 3. The minimum Gasteiger partial charge on any atom is -0.368 e. The highest BCUT2D eigenvalue weighted by Crippen LogP contribution is 2.15. The summed E-state index contributed by atoms with van der Waals surface area (Å²) < 4.78 is 5.12. The van der Waals surface area contributed by atoms with Gasteiger partial charge in [0.05, 0.1) is 6.54 Å². The van der Waals surface area contributed by atoms with Gasteiger partial charge in [0.2, 0.25) is 5.89 Å². The van der Waals surface area contributed by atoms with Crippen molar-refractivity contribution < 1.29 is 4.52 Å². The van der Waals surface area contributed by atoms with Crippen LogP contribution in [0.1, 0.15) is 11.7 Å². The molecule has 0 radical (unpaired) electrons. The molecule has 7 nitrogen and oxygen atoms in total. The van der Waals surface area contributed by atoms with Crippen LogP contribution in [-0.4, -0.2) is 54.2 Å². The molecule has 1 aliphatic rings. The van der Waals surface area contributed by atoms with Gasteiger partial charge in [0.25, 0.3) is 0 Å². The van der Waals surface area contributed by atoms with Crippen molar-refractivity contribution in [3.05, 3.63) is 42.0 Å². The van der Waals surface area contributed by atoms with Gasteiger partial charge in [-0.3, -0.25) is 4.99 Å². The molecule has 0 bridgehead atoms. The summed E-state index contributed by atoms with van der Waals surface area (Å²) in [7, 11) is 1.80. The molecule has 1 aromatic carbocycles. The van der Waals surface area contributed by atoms with Gasteiger partial charge < -0.3 is 19.6 Å². The fourth-order valence-corrected chi connectivity index (χ4v) is 2.71. The molecule has 0 unspecified atom stereocenters. The number of aliphatic imine (C=N–C) groups is 1. The van der Waals surface area contributed by atoms with Crippen LogP contribution in [0.3, 0.4) is 0 Å². The first-order chi connectivity index (χ1) is 11.3. The third kappa shape index (κ3) is 4.59. The van der Waals surface area contributed by atoms with Crippen LogP contribution in [-0.2, 0) is 6.54 Å². The molecule has 2 heterocycles.